The van der Waals surface area contributed by atoms with E-state index < -0.39 is 130 Å². The number of nitrogens with one attached hydrogen (secondary N) is 5. The molecule has 578 valence electrons. The minimum atomic E-state index is -4.66. The second-order valence-corrected chi connectivity index (χ2v) is 28.6. The number of aliphatic hydroxyl groups is 1. The molecular weight excluding hydrogens is 1310 g/mol. The number of amides is 7. The second-order valence-electron chi connectivity index (χ2n) is 27.1. The van der Waals surface area contributed by atoms with Crippen LogP contribution in [0.15, 0.2) is 4.99 Å². The number of phosphoric ester groups is 1. The van der Waals surface area contributed by atoms with Crippen molar-refractivity contribution in [1.82, 2.24) is 36.4 Å². The van der Waals surface area contributed by atoms with Crippen molar-refractivity contribution in [2.45, 2.75) is 326 Å². The van der Waals surface area contributed by atoms with Crippen molar-refractivity contribution in [2.75, 3.05) is 65.7 Å². The molecule has 14 N–H and O–H groups in total. The summed E-state index contributed by atoms with van der Waals surface area (Å²) in [4.78, 5) is 136. The zero-order valence-corrected chi connectivity index (χ0v) is 62.1. The van der Waals surface area contributed by atoms with Gasteiger partial charge in [0.2, 0.25) is 41.4 Å². The molecule has 7 amide bonds. The van der Waals surface area contributed by atoms with Crippen LogP contribution in [0.4, 0.5) is 0 Å². The molecule has 0 aliphatic carbocycles. The van der Waals surface area contributed by atoms with Crippen LogP contribution < -0.4 is 43.8 Å². The Labute approximate surface area is 596 Å². The molecule has 0 bridgehead atoms. The number of nitrogens with two attached hydrogens (primary N) is 3. The molecule has 0 aromatic heterocycles. The van der Waals surface area contributed by atoms with Crippen LogP contribution in [0.1, 0.15) is 284 Å². The lowest BCUT2D eigenvalue weighted by Gasteiger charge is -2.33. The average Bonchev–Trinajstić information content (AvgIpc) is 1.63. The van der Waals surface area contributed by atoms with Gasteiger partial charge in [-0.25, -0.2) is 9.36 Å². The lowest BCUT2D eigenvalue weighted by Crippen LogP contribution is -2.57. The molecule has 2 aliphatic heterocycles. The number of carbonyl (C=O) groups excluding carboxylic acids is 8. The molecule has 0 aromatic rings. The normalized spacial score (nSPS) is 16.5. The molecule has 2 fully saturated rings. The minimum Gasteiger partial charge on any atom is -0.480 e. The molecular formula is C71H132N11O17P. The quantitative estimate of drug-likeness (QED) is 0.00906. The van der Waals surface area contributed by atoms with E-state index in [9.17, 15) is 62.8 Å². The molecule has 100 heavy (non-hydrogen) atoms. The predicted octanol–water partition coefficient (Wildman–Crippen LogP) is 7.89. The van der Waals surface area contributed by atoms with Crippen molar-refractivity contribution in [3.63, 3.8) is 0 Å². The Hall–Kier alpha value is -5.51. The first-order chi connectivity index (χ1) is 48.1. The number of hydrogen-bond donors (Lipinski definition) is 11. The first kappa shape index (κ1) is 90.6. The summed E-state index contributed by atoms with van der Waals surface area (Å²) in [6, 6.07) is -5.46. The summed E-state index contributed by atoms with van der Waals surface area (Å²) < 4.78 is 34.8. The van der Waals surface area contributed by atoms with Crippen LogP contribution in [0, 0.1) is 0 Å². The smallest absolute Gasteiger partial charge is 0.472 e. The van der Waals surface area contributed by atoms with Crippen molar-refractivity contribution < 1.29 is 81.3 Å². The Morgan fingerprint density at radius 1 is 0.570 bits per heavy atom. The molecule has 2 aliphatic rings. The van der Waals surface area contributed by atoms with E-state index in [1.165, 1.54) is 145 Å². The highest BCUT2D eigenvalue weighted by Gasteiger charge is 2.44. The van der Waals surface area contributed by atoms with Crippen molar-refractivity contribution >= 4 is 67.1 Å². The molecule has 2 saturated heterocycles. The number of nitrogens with zero attached hydrogens (tertiary/aromatic N) is 3. The number of carboxylic acids is 1. The fourth-order valence-electron chi connectivity index (χ4n) is 12.4. The van der Waals surface area contributed by atoms with E-state index >= 15 is 0 Å². The van der Waals surface area contributed by atoms with Crippen LogP contribution in [0.3, 0.4) is 0 Å². The monoisotopic (exact) mass is 1440 g/mol. The third-order valence-electron chi connectivity index (χ3n) is 18.2. The molecule has 28 nitrogen and oxygen atoms in total. The fraction of sp³-hybridized carbons (Fsp3) is 0.859. The zero-order valence-electron chi connectivity index (χ0n) is 61.2. The summed E-state index contributed by atoms with van der Waals surface area (Å²) in [7, 11) is -4.66. The summed E-state index contributed by atoms with van der Waals surface area (Å²) in [5, 5.41) is 33.2. The van der Waals surface area contributed by atoms with Gasteiger partial charge < -0.3 is 78.2 Å². The largest absolute Gasteiger partial charge is 0.480 e. The number of carboxylic acid groups (broad SMARTS) is 1. The molecule has 0 radical (unpaired) electrons. The maximum atomic E-state index is 14.3. The molecule has 0 saturated carbocycles. The topological polar surface area (TPSA) is 425 Å². The Bertz CT molecular complexity index is 2390. The fourth-order valence-corrected chi connectivity index (χ4v) is 13.2. The predicted molar refractivity (Wildman–Crippen MR) is 385 cm³/mol. The standard InChI is InChI=1S/C71H132N11O17P/c1-4-6-8-10-12-14-16-18-20-22-24-26-28-32-49-96-53-56(99-66(88)43-29-27-25-23-21-19-17-15-13-11-9-7-5-2)54-98-100(94,95)97-50-46-75-62(84)41-33-42-63(85)77-52-65(87)79-59(55(3)83)51-64(86)78-57(37-30-31-44-72)68(90)82-48-36-40-61(82)69(91)81-47-35-39-60(81)67(89)80-58(70(92)93)38-34-45-76-71(73)74/h55-61,83H,4-54,72H2,1-3H3,(H,75,84)(H,77,85)(H,78,86)(H,79,87)(H,80,89)(H,92,93)(H,94,95)(H4,73,74,76). The van der Waals surface area contributed by atoms with Gasteiger partial charge in [-0.3, -0.25) is 52.4 Å². The summed E-state index contributed by atoms with van der Waals surface area (Å²) in [6.07, 6.45) is 32.7. The van der Waals surface area contributed by atoms with Gasteiger partial charge in [-0.05, 0) is 90.5 Å². The number of aliphatic carboxylic acids is 1. The Morgan fingerprint density at radius 2 is 1.10 bits per heavy atom. The third-order valence-corrected chi connectivity index (χ3v) is 19.2. The van der Waals surface area contributed by atoms with Crippen LogP contribution in [-0.2, 0) is 66.2 Å². The summed E-state index contributed by atoms with van der Waals surface area (Å²) in [5.41, 5.74) is 16.5. The van der Waals surface area contributed by atoms with E-state index in [1.54, 1.807) is 0 Å². The van der Waals surface area contributed by atoms with Crippen LogP contribution in [0.5, 0.6) is 0 Å². The minimum absolute atomic E-state index is 0.0191. The molecule has 29 heteroatoms. The molecule has 8 atom stereocenters. The molecule has 8 unspecified atom stereocenters. The highest BCUT2D eigenvalue weighted by atomic mass is 31.2. The number of likely N-dealkylation sites (tertiary alicyclic amines) is 2. The number of rotatable bonds is 63. The summed E-state index contributed by atoms with van der Waals surface area (Å²) in [5.74, 6) is -5.98. The molecule has 2 rings (SSSR count). The van der Waals surface area contributed by atoms with Crippen molar-refractivity contribution in [3.05, 3.63) is 0 Å². The molecule has 0 aromatic carbocycles. The van der Waals surface area contributed by atoms with Crippen molar-refractivity contribution in [3.8, 4) is 0 Å². The zero-order chi connectivity index (χ0) is 73.6. The van der Waals surface area contributed by atoms with Crippen LogP contribution in [0.2, 0.25) is 0 Å². The average molecular weight is 1440 g/mol. The van der Waals surface area contributed by atoms with Gasteiger partial charge in [-0.15, -0.1) is 0 Å². The van der Waals surface area contributed by atoms with Gasteiger partial charge in [0, 0.05) is 58.5 Å². The number of aliphatic imine (C=N–C) groups is 1. The number of guanidine groups is 1. The summed E-state index contributed by atoms with van der Waals surface area (Å²) in [6.45, 7) is 5.58. The maximum absolute atomic E-state index is 14.3. The number of unbranched alkanes of at least 4 members (excludes halogenated alkanes) is 26. The molecule has 0 spiro atoms. The van der Waals surface area contributed by atoms with Gasteiger partial charge >= 0.3 is 19.8 Å². The van der Waals surface area contributed by atoms with E-state index in [0.29, 0.717) is 45.3 Å². The number of carbonyl (C=O) groups is 9. The second kappa shape index (κ2) is 57.0. The lowest BCUT2D eigenvalue weighted by molar-refractivity contribution is -0.154. The number of phosphoric acid groups is 1. The van der Waals surface area contributed by atoms with E-state index in [2.05, 4.69) is 45.4 Å². The highest BCUT2D eigenvalue weighted by molar-refractivity contribution is 7.47. The molecule has 2 heterocycles. The maximum Gasteiger partial charge on any atom is 0.472 e. The van der Waals surface area contributed by atoms with Crippen LogP contribution in [0.25, 0.3) is 0 Å². The SMILES string of the molecule is CCCCCCCCCCCCCCCCOCC(COP(=O)(O)OCCNC(=O)CCCC(=O)NCC(=O)NC(CC(=O)NC(CCCCN)C(=O)N1CCCC1C(=O)N1CCCC1C(=O)NC(CCCN=C(N)N)C(=O)O)C(C)O)OC(=O)CCCCCCCCCCCCCCC. The first-order valence-electron chi connectivity index (χ1n) is 38.2. The van der Waals surface area contributed by atoms with Gasteiger partial charge in [-0.1, -0.05) is 174 Å². The summed E-state index contributed by atoms with van der Waals surface area (Å²) >= 11 is 0. The number of ether oxygens (including phenoxy) is 2. The Morgan fingerprint density at radius 3 is 1.65 bits per heavy atom. The van der Waals surface area contributed by atoms with Crippen LogP contribution in [-0.4, -0.2) is 192 Å². The Kier molecular flexibility index (Phi) is 51.6. The van der Waals surface area contributed by atoms with E-state index in [0.717, 1.165) is 38.5 Å². The number of aliphatic hydroxyl groups excluding tert-OH is 1. The number of esters is 1. The van der Waals surface area contributed by atoms with Crippen LogP contribution >= 0.6 is 7.82 Å². The lowest BCUT2D eigenvalue weighted by atomic mass is 10.0. The highest BCUT2D eigenvalue weighted by Crippen LogP contribution is 2.43. The van der Waals surface area contributed by atoms with Crippen molar-refractivity contribution in [2.24, 2.45) is 22.2 Å². The van der Waals surface area contributed by atoms with Gasteiger partial charge in [-0.2, -0.15) is 0 Å². The van der Waals surface area contributed by atoms with E-state index in [4.69, 9.17) is 35.7 Å². The van der Waals surface area contributed by atoms with Gasteiger partial charge in [0.1, 0.15) is 30.3 Å². The van der Waals surface area contributed by atoms with Crippen molar-refractivity contribution in [1.29, 1.82) is 0 Å². The third kappa shape index (κ3) is 44.1. The van der Waals surface area contributed by atoms with E-state index in [-0.39, 0.29) is 96.5 Å². The van der Waals surface area contributed by atoms with E-state index in [1.807, 2.05) is 0 Å². The van der Waals surface area contributed by atoms with Gasteiger partial charge in [0.15, 0.2) is 5.96 Å². The van der Waals surface area contributed by atoms with Gasteiger partial charge in [0.05, 0.1) is 38.5 Å². The number of hydrogen-bond acceptors (Lipinski definition) is 17. The Balaban J connectivity index is 1.81. The van der Waals surface area contributed by atoms with Gasteiger partial charge in [0.25, 0.3) is 0 Å². The first-order valence-corrected chi connectivity index (χ1v) is 39.7.